The molecule has 0 atom stereocenters. The van der Waals surface area contributed by atoms with Gasteiger partial charge in [-0.15, -0.1) is 0 Å². The third-order valence-corrected chi connectivity index (χ3v) is 7.02. The Hall–Kier alpha value is -3.39. The fraction of sp³-hybridized carbons (Fsp3) is 0.174. The van der Waals surface area contributed by atoms with Crippen molar-refractivity contribution in [1.82, 2.24) is 5.32 Å². The van der Waals surface area contributed by atoms with Gasteiger partial charge in [-0.1, -0.05) is 30.3 Å². The van der Waals surface area contributed by atoms with E-state index in [1.807, 2.05) is 12.1 Å². The molecule has 0 aromatic heterocycles. The average Bonchev–Trinajstić information content (AvgIpc) is 3.23. The van der Waals surface area contributed by atoms with Crippen molar-refractivity contribution < 1.29 is 22.3 Å². The van der Waals surface area contributed by atoms with Crippen molar-refractivity contribution in [3.8, 4) is 5.75 Å². The molecule has 0 spiro atoms. The number of anilines is 1. The van der Waals surface area contributed by atoms with Crippen molar-refractivity contribution in [2.45, 2.75) is 17.9 Å². The van der Waals surface area contributed by atoms with E-state index in [0.29, 0.717) is 24.2 Å². The summed E-state index contributed by atoms with van der Waals surface area (Å²) < 4.78 is 46.3. The summed E-state index contributed by atoms with van der Waals surface area (Å²) in [6.45, 7) is 0.512. The molecule has 0 saturated carbocycles. The molecule has 1 aliphatic rings. The van der Waals surface area contributed by atoms with Crippen LogP contribution in [0.4, 0.5) is 10.1 Å². The highest BCUT2D eigenvalue weighted by molar-refractivity contribution is 7.92. The Morgan fingerprint density at radius 1 is 1.10 bits per heavy atom. The number of benzene rings is 3. The Balaban J connectivity index is 1.61. The maximum atomic E-state index is 13.3. The van der Waals surface area contributed by atoms with E-state index in [1.54, 1.807) is 24.3 Å². The van der Waals surface area contributed by atoms with Crippen molar-refractivity contribution in [2.75, 3.05) is 18.0 Å². The number of nitrogens with one attached hydrogen (secondary N) is 1. The van der Waals surface area contributed by atoms with Crippen LogP contribution in [0.5, 0.6) is 5.75 Å². The topological polar surface area (TPSA) is 75.7 Å². The zero-order valence-corrected chi connectivity index (χ0v) is 17.7. The fourth-order valence-corrected chi connectivity index (χ4v) is 5.12. The van der Waals surface area contributed by atoms with Crippen LogP contribution in [0.3, 0.4) is 0 Å². The Morgan fingerprint density at radius 2 is 1.84 bits per heavy atom. The van der Waals surface area contributed by atoms with Gasteiger partial charge in [-0.05, 0) is 53.9 Å². The van der Waals surface area contributed by atoms with Crippen molar-refractivity contribution in [1.29, 1.82) is 0 Å². The number of para-hydroxylation sites is 1. The molecule has 160 valence electrons. The van der Waals surface area contributed by atoms with Crippen molar-refractivity contribution >= 4 is 21.6 Å². The minimum atomic E-state index is -3.85. The number of hydrogen-bond donors (Lipinski definition) is 1. The molecule has 0 radical (unpaired) electrons. The highest BCUT2D eigenvalue weighted by Crippen LogP contribution is 2.33. The van der Waals surface area contributed by atoms with E-state index >= 15 is 0 Å². The van der Waals surface area contributed by atoms with E-state index < -0.39 is 15.9 Å². The minimum Gasteiger partial charge on any atom is -0.496 e. The Kier molecular flexibility index (Phi) is 5.65. The van der Waals surface area contributed by atoms with Crippen LogP contribution in [-0.2, 0) is 23.0 Å². The molecule has 0 aliphatic carbocycles. The van der Waals surface area contributed by atoms with Gasteiger partial charge in [0.1, 0.15) is 11.6 Å². The Labute approximate surface area is 180 Å². The lowest BCUT2D eigenvalue weighted by Crippen LogP contribution is -2.30. The van der Waals surface area contributed by atoms with Gasteiger partial charge in [0.25, 0.3) is 15.9 Å². The van der Waals surface area contributed by atoms with Crippen LogP contribution < -0.4 is 14.4 Å². The number of ether oxygens (including phenoxy) is 1. The van der Waals surface area contributed by atoms with Gasteiger partial charge in [0.15, 0.2) is 0 Å². The summed E-state index contributed by atoms with van der Waals surface area (Å²) >= 11 is 0. The van der Waals surface area contributed by atoms with Crippen molar-refractivity contribution in [3.63, 3.8) is 0 Å². The van der Waals surface area contributed by atoms with E-state index in [9.17, 15) is 17.6 Å². The minimum absolute atomic E-state index is 0.0111. The fourth-order valence-electron chi connectivity index (χ4n) is 3.59. The lowest BCUT2D eigenvalue weighted by molar-refractivity contribution is 0.0947. The monoisotopic (exact) mass is 440 g/mol. The predicted octanol–water partition coefficient (Wildman–Crippen LogP) is 3.52. The number of amides is 1. The lowest BCUT2D eigenvalue weighted by atomic mass is 10.1. The van der Waals surface area contributed by atoms with Crippen LogP contribution in [-0.4, -0.2) is 28.0 Å². The van der Waals surface area contributed by atoms with Crippen LogP contribution in [0.25, 0.3) is 0 Å². The smallest absolute Gasteiger partial charge is 0.264 e. The normalized spacial score (nSPS) is 13.0. The van der Waals surface area contributed by atoms with E-state index in [-0.39, 0.29) is 28.6 Å². The third-order valence-electron chi connectivity index (χ3n) is 5.21. The second-order valence-corrected chi connectivity index (χ2v) is 8.99. The van der Waals surface area contributed by atoms with Crippen LogP contribution in [0.15, 0.2) is 71.6 Å². The van der Waals surface area contributed by atoms with Gasteiger partial charge in [-0.3, -0.25) is 9.10 Å². The summed E-state index contributed by atoms with van der Waals surface area (Å²) in [6, 6.07) is 17.4. The molecule has 1 heterocycles. The van der Waals surface area contributed by atoms with Crippen LogP contribution in [0.1, 0.15) is 21.5 Å². The highest BCUT2D eigenvalue weighted by atomic mass is 32.2. The number of nitrogens with zero attached hydrogens (tertiary/aromatic N) is 1. The molecule has 31 heavy (non-hydrogen) atoms. The molecule has 8 heteroatoms. The number of hydrogen-bond acceptors (Lipinski definition) is 4. The number of carbonyl (C=O) groups is 1. The molecule has 0 bridgehead atoms. The molecule has 4 rings (SSSR count). The summed E-state index contributed by atoms with van der Waals surface area (Å²) in [5, 5.41) is 2.72. The molecule has 3 aromatic carbocycles. The first-order valence-corrected chi connectivity index (χ1v) is 11.2. The van der Waals surface area contributed by atoms with Crippen LogP contribution in [0, 0.1) is 5.82 Å². The van der Waals surface area contributed by atoms with Crippen molar-refractivity contribution in [2.24, 2.45) is 0 Å². The number of carbonyl (C=O) groups excluding carboxylic acids is 1. The summed E-state index contributed by atoms with van der Waals surface area (Å²) in [4.78, 5) is 12.8. The summed E-state index contributed by atoms with van der Waals surface area (Å²) in [5.74, 6) is -0.587. The van der Waals surface area contributed by atoms with E-state index in [1.165, 1.54) is 41.7 Å². The maximum Gasteiger partial charge on any atom is 0.264 e. The second kappa shape index (κ2) is 8.39. The molecule has 0 fully saturated rings. The molecule has 0 saturated heterocycles. The van der Waals surface area contributed by atoms with Gasteiger partial charge in [0.2, 0.25) is 0 Å². The molecular formula is C23H21FN2O4S. The summed E-state index contributed by atoms with van der Waals surface area (Å²) in [5.41, 5.74) is 2.45. The standard InChI is InChI=1S/C23H21FN2O4S/c1-30-22-11-10-19(31(28,29)26-13-12-17-4-2-3-5-21(17)26)14-20(22)23(27)25-15-16-6-8-18(24)9-7-16/h2-11,14H,12-13,15H2,1H3,(H,25,27). The summed E-state index contributed by atoms with van der Waals surface area (Å²) in [7, 11) is -2.44. The molecule has 6 nitrogen and oxygen atoms in total. The summed E-state index contributed by atoms with van der Waals surface area (Å²) in [6.07, 6.45) is 0.635. The largest absolute Gasteiger partial charge is 0.496 e. The first kappa shape index (κ1) is 20.9. The molecule has 1 amide bonds. The van der Waals surface area contributed by atoms with Gasteiger partial charge in [0.05, 0.1) is 23.3 Å². The maximum absolute atomic E-state index is 13.3. The molecule has 1 aliphatic heterocycles. The van der Waals surface area contributed by atoms with Gasteiger partial charge >= 0.3 is 0 Å². The highest BCUT2D eigenvalue weighted by Gasteiger charge is 2.31. The number of sulfonamides is 1. The Morgan fingerprint density at radius 3 is 2.58 bits per heavy atom. The van der Waals surface area contributed by atoms with Crippen LogP contribution >= 0.6 is 0 Å². The van der Waals surface area contributed by atoms with Gasteiger partial charge in [0, 0.05) is 13.1 Å². The zero-order valence-electron chi connectivity index (χ0n) is 16.8. The van der Waals surface area contributed by atoms with Gasteiger partial charge < -0.3 is 10.1 Å². The van der Waals surface area contributed by atoms with E-state index in [2.05, 4.69) is 5.32 Å². The van der Waals surface area contributed by atoms with Gasteiger partial charge in [-0.2, -0.15) is 0 Å². The number of methoxy groups -OCH3 is 1. The van der Waals surface area contributed by atoms with Gasteiger partial charge in [-0.25, -0.2) is 12.8 Å². The third kappa shape index (κ3) is 4.11. The Bertz CT molecular complexity index is 1230. The molecule has 0 unspecified atom stereocenters. The van der Waals surface area contributed by atoms with E-state index in [4.69, 9.17) is 4.74 Å². The van der Waals surface area contributed by atoms with Crippen molar-refractivity contribution in [3.05, 3.63) is 89.2 Å². The van der Waals surface area contributed by atoms with E-state index in [0.717, 1.165) is 5.56 Å². The molecular weight excluding hydrogens is 419 g/mol. The number of fused-ring (bicyclic) bond motifs is 1. The quantitative estimate of drug-likeness (QED) is 0.637. The first-order chi connectivity index (χ1) is 14.9. The molecule has 1 N–H and O–H groups in total. The van der Waals surface area contributed by atoms with Crippen LogP contribution in [0.2, 0.25) is 0 Å². The average molecular weight is 440 g/mol. The lowest BCUT2D eigenvalue weighted by Gasteiger charge is -2.20. The first-order valence-electron chi connectivity index (χ1n) is 9.71. The number of halogens is 1. The second-order valence-electron chi connectivity index (χ2n) is 7.13. The SMILES string of the molecule is COc1ccc(S(=O)(=O)N2CCc3ccccc32)cc1C(=O)NCc1ccc(F)cc1. The molecule has 3 aromatic rings. The number of rotatable bonds is 6. The predicted molar refractivity (Wildman–Crippen MR) is 115 cm³/mol. The zero-order chi connectivity index (χ0) is 22.0.